The molecule has 0 aromatic carbocycles. The van der Waals surface area contributed by atoms with Crippen molar-refractivity contribution in [3.63, 3.8) is 0 Å². The Balaban J connectivity index is 2.16. The molecule has 1 aromatic rings. The van der Waals surface area contributed by atoms with E-state index < -0.39 is 0 Å². The number of alkyl halides is 1. The van der Waals surface area contributed by atoms with Crippen molar-refractivity contribution < 1.29 is 9.21 Å². The Kier molecular flexibility index (Phi) is 3.60. The van der Waals surface area contributed by atoms with Gasteiger partial charge in [0.15, 0.2) is 10.4 Å². The largest absolute Gasteiger partial charge is 0.444 e. The lowest BCUT2D eigenvalue weighted by molar-refractivity contribution is 0.0703. The number of carbonyl (C=O) groups excluding carboxylic acids is 1. The van der Waals surface area contributed by atoms with Gasteiger partial charge in [-0.25, -0.2) is 0 Å². The minimum absolute atomic E-state index is 0.0688. The number of hydrogen-bond donors (Lipinski definition) is 0. The highest BCUT2D eigenvalue weighted by atomic mass is 79.9. The van der Waals surface area contributed by atoms with E-state index in [2.05, 4.69) is 22.9 Å². The maximum atomic E-state index is 12.1. The van der Waals surface area contributed by atoms with Gasteiger partial charge in [-0.05, 0) is 40.4 Å². The Bertz CT molecular complexity index is 393. The van der Waals surface area contributed by atoms with E-state index in [1.165, 1.54) is 0 Å². The van der Waals surface area contributed by atoms with Crippen LogP contribution in [0.5, 0.6) is 0 Å². The fourth-order valence-electron chi connectivity index (χ4n) is 2.07. The first kappa shape index (κ1) is 12.0. The second kappa shape index (κ2) is 4.80. The monoisotopic (exact) mass is 305 g/mol. The van der Waals surface area contributed by atoms with Gasteiger partial charge in [0.1, 0.15) is 0 Å². The molecule has 0 spiro atoms. The van der Waals surface area contributed by atoms with E-state index in [1.54, 1.807) is 12.1 Å². The van der Waals surface area contributed by atoms with E-state index in [0.717, 1.165) is 13.0 Å². The third kappa shape index (κ3) is 2.13. The first-order valence-corrected chi connectivity index (χ1v) is 6.58. The van der Waals surface area contributed by atoms with Crippen molar-refractivity contribution in [3.8, 4) is 0 Å². The summed E-state index contributed by atoms with van der Waals surface area (Å²) in [6.45, 7) is 2.88. The van der Waals surface area contributed by atoms with Crippen LogP contribution >= 0.6 is 27.5 Å². The Labute approximate surface area is 108 Å². The molecule has 1 fully saturated rings. The third-order valence-electron chi connectivity index (χ3n) is 3.09. The Morgan fingerprint density at radius 1 is 1.69 bits per heavy atom. The number of carbonyl (C=O) groups is 1. The van der Waals surface area contributed by atoms with Crippen LogP contribution in [0.1, 0.15) is 23.9 Å². The molecule has 16 heavy (non-hydrogen) atoms. The summed E-state index contributed by atoms with van der Waals surface area (Å²) in [7, 11) is 0. The van der Waals surface area contributed by atoms with Crippen LogP contribution in [0.25, 0.3) is 0 Å². The van der Waals surface area contributed by atoms with Crippen molar-refractivity contribution in [2.24, 2.45) is 5.92 Å². The zero-order chi connectivity index (χ0) is 11.7. The molecule has 2 rings (SSSR count). The number of hydrogen-bond acceptors (Lipinski definition) is 2. The van der Waals surface area contributed by atoms with Crippen LogP contribution in [0, 0.1) is 5.92 Å². The van der Waals surface area contributed by atoms with Gasteiger partial charge in [0.25, 0.3) is 5.91 Å². The molecule has 2 atom stereocenters. The van der Waals surface area contributed by atoms with Crippen molar-refractivity contribution in [3.05, 3.63) is 22.6 Å². The molecule has 5 heteroatoms. The fraction of sp³-hybridized carbons (Fsp3) is 0.545. The van der Waals surface area contributed by atoms with Crippen LogP contribution in [-0.4, -0.2) is 29.3 Å². The van der Waals surface area contributed by atoms with Gasteiger partial charge in [-0.15, -0.1) is 11.6 Å². The van der Waals surface area contributed by atoms with Crippen molar-refractivity contribution in [1.29, 1.82) is 0 Å². The van der Waals surface area contributed by atoms with E-state index in [4.69, 9.17) is 16.0 Å². The van der Waals surface area contributed by atoms with Crippen molar-refractivity contribution in [2.45, 2.75) is 19.4 Å². The highest BCUT2D eigenvalue weighted by Gasteiger charge is 2.35. The van der Waals surface area contributed by atoms with Gasteiger partial charge in [0, 0.05) is 18.5 Å². The lowest BCUT2D eigenvalue weighted by atomic mass is 10.1. The molecule has 0 radical (unpaired) electrons. The van der Waals surface area contributed by atoms with Gasteiger partial charge in [0.05, 0.1) is 0 Å². The topological polar surface area (TPSA) is 33.5 Å². The van der Waals surface area contributed by atoms with E-state index in [9.17, 15) is 4.79 Å². The molecule has 0 N–H and O–H groups in total. The van der Waals surface area contributed by atoms with Crippen LogP contribution in [0.15, 0.2) is 21.2 Å². The molecule has 3 nitrogen and oxygen atoms in total. The first-order chi connectivity index (χ1) is 7.63. The Morgan fingerprint density at radius 3 is 3.00 bits per heavy atom. The maximum Gasteiger partial charge on any atom is 0.289 e. The molecule has 1 aliphatic heterocycles. The predicted octanol–water partition coefficient (Wildman–Crippen LogP) is 3.13. The average Bonchev–Trinajstić information content (AvgIpc) is 2.83. The summed E-state index contributed by atoms with van der Waals surface area (Å²) in [5.74, 6) is 1.24. The quantitative estimate of drug-likeness (QED) is 0.787. The number of amides is 1. The van der Waals surface area contributed by atoms with Crippen LogP contribution < -0.4 is 0 Å². The summed E-state index contributed by atoms with van der Waals surface area (Å²) in [6.07, 6.45) is 1.00. The standard InChI is InChI=1S/C11H13BrClNO2/c1-7-4-5-14(8(7)6-13)11(15)9-2-3-10(12)16-9/h2-3,7-8H,4-6H2,1H3. The molecular formula is C11H13BrClNO2. The number of likely N-dealkylation sites (tertiary alicyclic amines) is 1. The van der Waals surface area contributed by atoms with Gasteiger partial charge in [-0.3, -0.25) is 4.79 Å². The molecule has 0 aliphatic carbocycles. The number of nitrogens with zero attached hydrogens (tertiary/aromatic N) is 1. The SMILES string of the molecule is CC1CCN(C(=O)c2ccc(Br)o2)C1CCl. The molecule has 1 aliphatic rings. The molecule has 2 heterocycles. The summed E-state index contributed by atoms with van der Waals surface area (Å²) in [6, 6.07) is 3.53. The minimum Gasteiger partial charge on any atom is -0.444 e. The third-order valence-corrected chi connectivity index (χ3v) is 3.83. The van der Waals surface area contributed by atoms with Gasteiger partial charge in [-0.2, -0.15) is 0 Å². The summed E-state index contributed by atoms with van der Waals surface area (Å²) in [4.78, 5) is 13.9. The summed E-state index contributed by atoms with van der Waals surface area (Å²) in [5, 5.41) is 0. The van der Waals surface area contributed by atoms with Gasteiger partial charge in [-0.1, -0.05) is 6.92 Å². The lowest BCUT2D eigenvalue weighted by Crippen LogP contribution is -2.38. The van der Waals surface area contributed by atoms with Gasteiger partial charge in [0.2, 0.25) is 0 Å². The lowest BCUT2D eigenvalue weighted by Gasteiger charge is -2.24. The van der Waals surface area contributed by atoms with Gasteiger partial charge >= 0.3 is 0 Å². The molecule has 0 saturated carbocycles. The highest BCUT2D eigenvalue weighted by molar-refractivity contribution is 9.10. The molecular weight excluding hydrogens is 293 g/mol. The molecule has 1 saturated heterocycles. The molecule has 88 valence electrons. The number of rotatable bonds is 2. The molecule has 1 aromatic heterocycles. The smallest absolute Gasteiger partial charge is 0.289 e. The maximum absolute atomic E-state index is 12.1. The summed E-state index contributed by atoms with van der Waals surface area (Å²) >= 11 is 9.09. The van der Waals surface area contributed by atoms with Crippen LogP contribution in [0.4, 0.5) is 0 Å². The van der Waals surface area contributed by atoms with E-state index in [0.29, 0.717) is 22.2 Å². The number of halogens is 2. The zero-order valence-electron chi connectivity index (χ0n) is 8.95. The van der Waals surface area contributed by atoms with Crippen molar-refractivity contribution in [1.82, 2.24) is 4.90 Å². The normalized spacial score (nSPS) is 25.1. The summed E-state index contributed by atoms with van der Waals surface area (Å²) in [5.41, 5.74) is 0. The van der Waals surface area contributed by atoms with E-state index in [-0.39, 0.29) is 11.9 Å². The first-order valence-electron chi connectivity index (χ1n) is 5.25. The second-order valence-electron chi connectivity index (χ2n) is 4.09. The van der Waals surface area contributed by atoms with Crippen LogP contribution in [0.3, 0.4) is 0 Å². The van der Waals surface area contributed by atoms with Crippen LogP contribution in [-0.2, 0) is 0 Å². The van der Waals surface area contributed by atoms with Crippen LogP contribution in [0.2, 0.25) is 0 Å². The predicted molar refractivity (Wildman–Crippen MR) is 65.7 cm³/mol. The van der Waals surface area contributed by atoms with E-state index in [1.807, 2.05) is 4.90 Å². The zero-order valence-corrected chi connectivity index (χ0v) is 11.3. The number of furan rings is 1. The van der Waals surface area contributed by atoms with Crippen molar-refractivity contribution in [2.75, 3.05) is 12.4 Å². The van der Waals surface area contributed by atoms with Gasteiger partial charge < -0.3 is 9.32 Å². The Morgan fingerprint density at radius 2 is 2.44 bits per heavy atom. The Hall–Kier alpha value is -0.480. The molecule has 1 amide bonds. The van der Waals surface area contributed by atoms with E-state index >= 15 is 0 Å². The minimum atomic E-state index is -0.0688. The average molecular weight is 307 g/mol. The molecule has 0 bridgehead atoms. The fourth-order valence-corrected chi connectivity index (χ4v) is 2.84. The highest BCUT2D eigenvalue weighted by Crippen LogP contribution is 2.27. The van der Waals surface area contributed by atoms with Crippen molar-refractivity contribution >= 4 is 33.4 Å². The second-order valence-corrected chi connectivity index (χ2v) is 5.18. The summed E-state index contributed by atoms with van der Waals surface area (Å²) < 4.78 is 5.84. The molecule has 2 unspecified atom stereocenters.